The highest BCUT2D eigenvalue weighted by Crippen LogP contribution is 2.46. The van der Waals surface area contributed by atoms with Gasteiger partial charge in [-0.05, 0) is 48.0 Å². The maximum absolute atomic E-state index is 5.07. The van der Waals surface area contributed by atoms with Crippen LogP contribution < -0.4 is 0 Å². The predicted molar refractivity (Wildman–Crippen MR) is 120 cm³/mol. The van der Waals surface area contributed by atoms with Gasteiger partial charge in [-0.1, -0.05) is 101 Å². The van der Waals surface area contributed by atoms with Gasteiger partial charge in [-0.15, -0.1) is 0 Å². The smallest absolute Gasteiger partial charge is 0.0981 e. The number of benzene rings is 1. The first-order valence-corrected chi connectivity index (χ1v) is 11.2. The van der Waals surface area contributed by atoms with Crippen molar-refractivity contribution in [3.63, 3.8) is 0 Å². The van der Waals surface area contributed by atoms with E-state index in [0.717, 1.165) is 5.92 Å². The minimum atomic E-state index is -0.200. The molecule has 1 nitrogen and oxygen atoms in total. The molecule has 0 aromatic heterocycles. The Bertz CT molecular complexity index is 705. The Labute approximate surface area is 170 Å². The normalized spacial score (nSPS) is 30.4. The first-order valence-electron chi connectivity index (χ1n) is 10.7. The standard InChI is InChI=1S/C25H33NS/c1-3-4-6-9-21-12-14-24(15-13-21)25(26-19-27)17-16-23(18-20(25)2)22-10-7-5-8-11-22/h5,7-8,10-11,16-18,20-21,24H,3-4,6,9,12-15H2,1-2H3. The van der Waals surface area contributed by atoms with E-state index in [1.165, 1.54) is 62.5 Å². The molecule has 27 heavy (non-hydrogen) atoms. The summed E-state index contributed by atoms with van der Waals surface area (Å²) in [5.41, 5.74) is 2.38. The van der Waals surface area contributed by atoms with Crippen molar-refractivity contribution >= 4 is 23.0 Å². The second-order valence-electron chi connectivity index (χ2n) is 8.41. The third kappa shape index (κ3) is 4.68. The zero-order valence-corrected chi connectivity index (χ0v) is 17.7. The van der Waals surface area contributed by atoms with Crippen molar-refractivity contribution in [2.24, 2.45) is 22.7 Å². The van der Waals surface area contributed by atoms with Crippen molar-refractivity contribution in [1.29, 1.82) is 0 Å². The molecule has 0 bridgehead atoms. The lowest BCUT2D eigenvalue weighted by molar-refractivity contribution is 0.173. The van der Waals surface area contributed by atoms with Crippen molar-refractivity contribution < 1.29 is 0 Å². The molecule has 0 radical (unpaired) electrons. The molecular weight excluding hydrogens is 346 g/mol. The summed E-state index contributed by atoms with van der Waals surface area (Å²) in [6.45, 7) is 4.59. The molecule has 1 fully saturated rings. The topological polar surface area (TPSA) is 12.4 Å². The average molecular weight is 380 g/mol. The monoisotopic (exact) mass is 379 g/mol. The van der Waals surface area contributed by atoms with Crippen LogP contribution in [0, 0.1) is 17.8 Å². The van der Waals surface area contributed by atoms with Crippen molar-refractivity contribution in [3.8, 4) is 0 Å². The molecule has 144 valence electrons. The van der Waals surface area contributed by atoms with E-state index in [1.54, 1.807) is 0 Å². The summed E-state index contributed by atoms with van der Waals surface area (Å²) in [6, 6.07) is 10.6. The second kappa shape index (κ2) is 9.62. The fraction of sp³-hybridized carbons (Fsp3) is 0.560. The molecule has 3 rings (SSSR count). The molecule has 0 N–H and O–H groups in total. The Morgan fingerprint density at radius 3 is 2.48 bits per heavy atom. The minimum Gasteiger partial charge on any atom is -0.221 e. The van der Waals surface area contributed by atoms with Crippen LogP contribution in [0.5, 0.6) is 0 Å². The summed E-state index contributed by atoms with van der Waals surface area (Å²) >= 11 is 5.07. The number of rotatable bonds is 7. The van der Waals surface area contributed by atoms with E-state index in [-0.39, 0.29) is 5.54 Å². The Kier molecular flexibility index (Phi) is 7.21. The second-order valence-corrected chi connectivity index (χ2v) is 8.60. The van der Waals surface area contributed by atoms with Gasteiger partial charge >= 0.3 is 0 Å². The number of nitrogens with zero attached hydrogens (tertiary/aromatic N) is 1. The predicted octanol–water partition coefficient (Wildman–Crippen LogP) is 7.50. The minimum absolute atomic E-state index is 0.200. The van der Waals surface area contributed by atoms with E-state index in [1.807, 2.05) is 0 Å². The van der Waals surface area contributed by atoms with Gasteiger partial charge in [0.25, 0.3) is 0 Å². The molecule has 0 saturated heterocycles. The van der Waals surface area contributed by atoms with Crippen LogP contribution in [-0.2, 0) is 0 Å². The molecule has 0 heterocycles. The summed E-state index contributed by atoms with van der Waals surface area (Å²) in [6.07, 6.45) is 17.7. The van der Waals surface area contributed by atoms with Crippen LogP contribution in [0.1, 0.15) is 70.8 Å². The molecule has 1 saturated carbocycles. The van der Waals surface area contributed by atoms with Crippen molar-refractivity contribution in [1.82, 2.24) is 0 Å². The Hall–Kier alpha value is -1.50. The van der Waals surface area contributed by atoms with Crippen LogP contribution in [0.2, 0.25) is 0 Å². The van der Waals surface area contributed by atoms with Gasteiger partial charge in [0.2, 0.25) is 0 Å². The van der Waals surface area contributed by atoms with Crippen LogP contribution in [0.15, 0.2) is 53.6 Å². The number of hydrogen-bond acceptors (Lipinski definition) is 2. The average Bonchev–Trinajstić information content (AvgIpc) is 2.71. The Balaban J connectivity index is 1.72. The number of unbranched alkanes of at least 4 members (excludes halogenated alkanes) is 2. The lowest BCUT2D eigenvalue weighted by Gasteiger charge is -2.43. The molecule has 1 aromatic carbocycles. The molecular formula is C25H33NS. The van der Waals surface area contributed by atoms with Gasteiger partial charge in [-0.2, -0.15) is 0 Å². The van der Waals surface area contributed by atoms with Crippen LogP contribution in [0.25, 0.3) is 5.57 Å². The maximum atomic E-state index is 5.07. The zero-order valence-electron chi connectivity index (χ0n) is 16.9. The highest BCUT2D eigenvalue weighted by Gasteiger charge is 2.43. The van der Waals surface area contributed by atoms with Gasteiger partial charge in [0.1, 0.15) is 0 Å². The van der Waals surface area contributed by atoms with Gasteiger partial charge in [-0.3, -0.25) is 0 Å². The van der Waals surface area contributed by atoms with E-state index in [9.17, 15) is 0 Å². The highest BCUT2D eigenvalue weighted by atomic mass is 32.1. The Morgan fingerprint density at radius 1 is 1.11 bits per heavy atom. The Morgan fingerprint density at radius 2 is 1.85 bits per heavy atom. The summed E-state index contributed by atoms with van der Waals surface area (Å²) < 4.78 is 0. The number of allylic oxidation sites excluding steroid dienone is 2. The van der Waals surface area contributed by atoms with E-state index in [0.29, 0.717) is 11.8 Å². The lowest BCUT2D eigenvalue weighted by atomic mass is 9.64. The van der Waals surface area contributed by atoms with E-state index < -0.39 is 0 Å². The number of isothiocyanates is 1. The molecule has 2 aliphatic rings. The fourth-order valence-corrected chi connectivity index (χ4v) is 5.23. The van der Waals surface area contributed by atoms with Gasteiger partial charge in [0, 0.05) is 5.92 Å². The van der Waals surface area contributed by atoms with E-state index in [2.05, 4.69) is 67.6 Å². The summed E-state index contributed by atoms with van der Waals surface area (Å²) in [4.78, 5) is 4.78. The maximum Gasteiger partial charge on any atom is 0.0981 e. The van der Waals surface area contributed by atoms with Gasteiger partial charge in [0.15, 0.2) is 0 Å². The summed E-state index contributed by atoms with van der Waals surface area (Å²) in [5, 5.41) is 2.74. The first-order chi connectivity index (χ1) is 13.2. The van der Waals surface area contributed by atoms with Crippen LogP contribution in [0.3, 0.4) is 0 Å². The third-order valence-corrected chi connectivity index (χ3v) is 6.84. The van der Waals surface area contributed by atoms with Crippen molar-refractivity contribution in [2.45, 2.75) is 70.8 Å². The van der Waals surface area contributed by atoms with Gasteiger partial charge in [-0.25, -0.2) is 4.99 Å². The van der Waals surface area contributed by atoms with Gasteiger partial charge in [0.05, 0.1) is 10.7 Å². The number of aliphatic imine (C=N–C) groups is 1. The molecule has 2 atom stereocenters. The molecule has 2 heteroatoms. The molecule has 2 aliphatic carbocycles. The zero-order chi connectivity index (χ0) is 19.1. The van der Waals surface area contributed by atoms with Crippen molar-refractivity contribution in [2.75, 3.05) is 0 Å². The largest absolute Gasteiger partial charge is 0.221 e. The van der Waals surface area contributed by atoms with Crippen LogP contribution >= 0.6 is 12.2 Å². The van der Waals surface area contributed by atoms with Gasteiger partial charge < -0.3 is 0 Å². The molecule has 0 spiro atoms. The van der Waals surface area contributed by atoms with Crippen molar-refractivity contribution in [3.05, 3.63) is 54.1 Å². The SMILES string of the molecule is CCCCCC1CCC(C2(N=C=S)C=CC(c3ccccc3)=CC2C)CC1. The molecule has 0 amide bonds. The fourth-order valence-electron chi connectivity index (χ4n) is 5.07. The first kappa shape index (κ1) is 20.2. The highest BCUT2D eigenvalue weighted by molar-refractivity contribution is 7.78. The molecule has 1 aromatic rings. The van der Waals surface area contributed by atoms with E-state index in [4.69, 9.17) is 17.2 Å². The lowest BCUT2D eigenvalue weighted by Crippen LogP contribution is -2.43. The quantitative estimate of drug-likeness (QED) is 0.271. The molecule has 2 unspecified atom stereocenters. The number of hydrogen-bond donors (Lipinski definition) is 0. The van der Waals surface area contributed by atoms with E-state index >= 15 is 0 Å². The summed E-state index contributed by atoms with van der Waals surface area (Å²) in [5.74, 6) is 1.84. The summed E-state index contributed by atoms with van der Waals surface area (Å²) in [7, 11) is 0. The molecule has 0 aliphatic heterocycles. The third-order valence-electron chi connectivity index (χ3n) is 6.75. The van der Waals surface area contributed by atoms with Crippen LogP contribution in [0.4, 0.5) is 0 Å². The van der Waals surface area contributed by atoms with Crippen LogP contribution in [-0.4, -0.2) is 10.7 Å². The number of thiocarbonyl (C=S) groups is 1.